The number of carbonyl (C=O) groups excluding carboxylic acids is 1. The number of likely N-dealkylation sites (tertiary alicyclic amines) is 1. The van der Waals surface area contributed by atoms with Crippen LogP contribution in [0.4, 0.5) is 9.18 Å². The predicted molar refractivity (Wildman–Crippen MR) is 101 cm³/mol. The van der Waals surface area contributed by atoms with Crippen molar-refractivity contribution in [1.82, 2.24) is 10.2 Å². The molecule has 0 spiro atoms. The largest absolute Gasteiger partial charge is 0.465 e. The Bertz CT molecular complexity index is 861. The van der Waals surface area contributed by atoms with Crippen LogP contribution in [-0.2, 0) is 0 Å². The molecule has 0 aromatic heterocycles. The molecule has 27 heavy (non-hydrogen) atoms. The normalized spacial score (nSPS) is 19.6. The molecule has 1 aliphatic heterocycles. The SMILES string of the molecule is O=C(NC1CCN(C(=O)O)CC1c1ccc(F)c(Cl)c1)c1ccc(Cl)cc1. The fraction of sp³-hybridized carbons (Fsp3) is 0.263. The Kier molecular flexibility index (Phi) is 5.87. The van der Waals surface area contributed by atoms with Crippen LogP contribution in [0.3, 0.4) is 0 Å². The number of hydrogen-bond donors (Lipinski definition) is 2. The standard InChI is InChI=1S/C19H17Cl2FN2O3/c20-13-4-1-11(2-5-13)18(25)23-17-7-8-24(19(26)27)10-14(17)12-3-6-16(22)15(21)9-12/h1-6,9,14,17H,7-8,10H2,(H,23,25)(H,26,27). The first-order valence-electron chi connectivity index (χ1n) is 8.34. The maximum absolute atomic E-state index is 13.5. The first-order valence-corrected chi connectivity index (χ1v) is 9.10. The van der Waals surface area contributed by atoms with Crippen molar-refractivity contribution in [2.75, 3.05) is 13.1 Å². The molecular formula is C19H17Cl2FN2O3. The van der Waals surface area contributed by atoms with Gasteiger partial charge in [0, 0.05) is 35.6 Å². The number of benzene rings is 2. The van der Waals surface area contributed by atoms with Gasteiger partial charge in [0.25, 0.3) is 5.91 Å². The van der Waals surface area contributed by atoms with Crippen LogP contribution in [0.1, 0.15) is 28.3 Å². The summed E-state index contributed by atoms with van der Waals surface area (Å²) in [5.41, 5.74) is 1.13. The average Bonchev–Trinajstić information content (AvgIpc) is 2.64. The summed E-state index contributed by atoms with van der Waals surface area (Å²) in [4.78, 5) is 25.2. The van der Waals surface area contributed by atoms with E-state index in [0.717, 1.165) is 0 Å². The van der Waals surface area contributed by atoms with Crippen molar-refractivity contribution in [2.24, 2.45) is 0 Å². The Labute approximate surface area is 165 Å². The Balaban J connectivity index is 1.84. The third-order valence-corrected chi connectivity index (χ3v) is 5.22. The number of rotatable bonds is 3. The number of carbonyl (C=O) groups is 2. The molecule has 142 valence electrons. The molecule has 0 bridgehead atoms. The molecule has 2 atom stereocenters. The second-order valence-corrected chi connectivity index (χ2v) is 7.23. The monoisotopic (exact) mass is 410 g/mol. The molecule has 0 saturated carbocycles. The topological polar surface area (TPSA) is 69.6 Å². The number of nitrogens with one attached hydrogen (secondary N) is 1. The first kappa shape index (κ1) is 19.5. The molecule has 0 radical (unpaired) electrons. The molecule has 1 heterocycles. The quantitative estimate of drug-likeness (QED) is 0.787. The van der Waals surface area contributed by atoms with Crippen LogP contribution in [0, 0.1) is 5.82 Å². The lowest BCUT2D eigenvalue weighted by Gasteiger charge is -2.38. The maximum atomic E-state index is 13.5. The number of halogens is 3. The lowest BCUT2D eigenvalue weighted by Crippen LogP contribution is -2.51. The fourth-order valence-corrected chi connectivity index (χ4v) is 3.55. The van der Waals surface area contributed by atoms with E-state index >= 15 is 0 Å². The van der Waals surface area contributed by atoms with Gasteiger partial charge in [-0.15, -0.1) is 0 Å². The van der Waals surface area contributed by atoms with Crippen molar-refractivity contribution < 1.29 is 19.1 Å². The van der Waals surface area contributed by atoms with Crippen molar-refractivity contribution >= 4 is 35.2 Å². The predicted octanol–water partition coefficient (Wildman–Crippen LogP) is 4.40. The van der Waals surface area contributed by atoms with Gasteiger partial charge < -0.3 is 15.3 Å². The van der Waals surface area contributed by atoms with Crippen LogP contribution in [0.2, 0.25) is 10.0 Å². The van der Waals surface area contributed by atoms with Gasteiger partial charge in [0.2, 0.25) is 0 Å². The Morgan fingerprint density at radius 1 is 1.15 bits per heavy atom. The minimum Gasteiger partial charge on any atom is -0.465 e. The average molecular weight is 411 g/mol. The van der Waals surface area contributed by atoms with Crippen LogP contribution in [0.5, 0.6) is 0 Å². The van der Waals surface area contributed by atoms with Gasteiger partial charge in [-0.05, 0) is 48.4 Å². The van der Waals surface area contributed by atoms with Gasteiger partial charge in [-0.2, -0.15) is 0 Å². The maximum Gasteiger partial charge on any atom is 0.407 e. The van der Waals surface area contributed by atoms with Crippen molar-refractivity contribution in [3.63, 3.8) is 0 Å². The van der Waals surface area contributed by atoms with E-state index < -0.39 is 11.9 Å². The molecule has 2 N–H and O–H groups in total. The van der Waals surface area contributed by atoms with Gasteiger partial charge in [0.1, 0.15) is 5.82 Å². The van der Waals surface area contributed by atoms with Crippen LogP contribution in [0.25, 0.3) is 0 Å². The van der Waals surface area contributed by atoms with Crippen LogP contribution < -0.4 is 5.32 Å². The molecule has 1 aliphatic rings. The third-order valence-electron chi connectivity index (χ3n) is 4.68. The van der Waals surface area contributed by atoms with E-state index in [1.165, 1.54) is 17.0 Å². The first-order chi connectivity index (χ1) is 12.8. The summed E-state index contributed by atoms with van der Waals surface area (Å²) in [6.45, 7) is 0.481. The summed E-state index contributed by atoms with van der Waals surface area (Å²) in [5.74, 6) is -1.17. The molecule has 1 saturated heterocycles. The molecule has 2 aromatic carbocycles. The van der Waals surface area contributed by atoms with Gasteiger partial charge in [0.15, 0.2) is 0 Å². The van der Waals surface area contributed by atoms with Gasteiger partial charge in [-0.3, -0.25) is 4.79 Å². The zero-order chi connectivity index (χ0) is 19.6. The number of nitrogens with zero attached hydrogens (tertiary/aromatic N) is 1. The van der Waals surface area contributed by atoms with Crippen molar-refractivity contribution in [2.45, 2.75) is 18.4 Å². The highest BCUT2D eigenvalue weighted by atomic mass is 35.5. The highest BCUT2D eigenvalue weighted by molar-refractivity contribution is 6.31. The summed E-state index contributed by atoms with van der Waals surface area (Å²) in [6, 6.07) is 10.5. The van der Waals surface area contributed by atoms with Crippen molar-refractivity contribution in [3.05, 3.63) is 69.5 Å². The highest BCUT2D eigenvalue weighted by Crippen LogP contribution is 2.30. The van der Waals surface area contributed by atoms with E-state index in [9.17, 15) is 19.1 Å². The summed E-state index contributed by atoms with van der Waals surface area (Å²) in [7, 11) is 0. The molecule has 0 aliphatic carbocycles. The molecule has 3 rings (SSSR count). The Hall–Kier alpha value is -2.31. The summed E-state index contributed by atoms with van der Waals surface area (Å²) in [5, 5.41) is 12.8. The molecule has 2 aromatic rings. The minimum atomic E-state index is -1.03. The second-order valence-electron chi connectivity index (χ2n) is 6.38. The summed E-state index contributed by atoms with van der Waals surface area (Å²) < 4.78 is 13.5. The lowest BCUT2D eigenvalue weighted by atomic mass is 9.85. The van der Waals surface area contributed by atoms with E-state index in [4.69, 9.17) is 23.2 Å². The van der Waals surface area contributed by atoms with Gasteiger partial charge in [-0.1, -0.05) is 29.3 Å². The minimum absolute atomic E-state index is 0.0391. The van der Waals surface area contributed by atoms with E-state index in [1.54, 1.807) is 30.3 Å². The number of carboxylic acid groups (broad SMARTS) is 1. The molecular weight excluding hydrogens is 394 g/mol. The van der Waals surface area contributed by atoms with E-state index in [-0.39, 0.29) is 29.4 Å². The van der Waals surface area contributed by atoms with Crippen LogP contribution in [0.15, 0.2) is 42.5 Å². The highest BCUT2D eigenvalue weighted by Gasteiger charge is 2.34. The summed E-state index contributed by atoms with van der Waals surface area (Å²) >= 11 is 11.7. The van der Waals surface area contributed by atoms with E-state index in [0.29, 0.717) is 29.1 Å². The lowest BCUT2D eigenvalue weighted by molar-refractivity contribution is 0.0888. The second kappa shape index (κ2) is 8.15. The molecule has 1 fully saturated rings. The molecule has 2 amide bonds. The fourth-order valence-electron chi connectivity index (χ4n) is 3.23. The van der Waals surface area contributed by atoms with Gasteiger partial charge >= 0.3 is 6.09 Å². The zero-order valence-corrected chi connectivity index (χ0v) is 15.7. The van der Waals surface area contributed by atoms with E-state index in [2.05, 4.69) is 5.32 Å². The third kappa shape index (κ3) is 4.51. The Morgan fingerprint density at radius 2 is 1.85 bits per heavy atom. The van der Waals surface area contributed by atoms with Crippen LogP contribution in [-0.4, -0.2) is 41.1 Å². The van der Waals surface area contributed by atoms with Gasteiger partial charge in [-0.25, -0.2) is 9.18 Å². The van der Waals surface area contributed by atoms with Gasteiger partial charge in [0.05, 0.1) is 5.02 Å². The molecule has 2 unspecified atom stereocenters. The number of piperidine rings is 1. The number of hydrogen-bond acceptors (Lipinski definition) is 2. The smallest absolute Gasteiger partial charge is 0.407 e. The number of amides is 2. The molecule has 8 heteroatoms. The molecule has 5 nitrogen and oxygen atoms in total. The van der Waals surface area contributed by atoms with E-state index in [1.807, 2.05) is 0 Å². The Morgan fingerprint density at radius 3 is 2.48 bits per heavy atom. The van der Waals surface area contributed by atoms with Crippen molar-refractivity contribution in [1.29, 1.82) is 0 Å². The van der Waals surface area contributed by atoms with Crippen molar-refractivity contribution in [3.8, 4) is 0 Å². The van der Waals surface area contributed by atoms with Crippen LogP contribution >= 0.6 is 23.2 Å². The summed E-state index contributed by atoms with van der Waals surface area (Å²) in [6.07, 6.45) is -0.596. The zero-order valence-electron chi connectivity index (χ0n) is 14.2.